The van der Waals surface area contributed by atoms with Crippen molar-refractivity contribution in [3.63, 3.8) is 0 Å². The highest BCUT2D eigenvalue weighted by Gasteiger charge is 2.05. The smallest absolute Gasteiger partial charge is 0.168 e. The molecule has 0 radical (unpaired) electrons. The number of hydrogen-bond acceptors (Lipinski definition) is 2. The third-order valence-electron chi connectivity index (χ3n) is 2.19. The number of hydrogen-bond donors (Lipinski definition) is 0. The van der Waals surface area contributed by atoms with Crippen LogP contribution >= 0.6 is 0 Å². The molecule has 0 aromatic carbocycles. The van der Waals surface area contributed by atoms with Crippen LogP contribution in [0, 0.1) is 13.8 Å². The molecule has 0 N–H and O–H groups in total. The maximum Gasteiger partial charge on any atom is 0.168 e. The van der Waals surface area contributed by atoms with Crippen LogP contribution in [0.5, 0.6) is 0 Å². The second-order valence-electron chi connectivity index (χ2n) is 3.12. The Morgan fingerprint density at radius 3 is 2.85 bits per heavy atom. The monoisotopic (exact) mass is 174 g/mol. The second kappa shape index (κ2) is 2.69. The quantitative estimate of drug-likeness (QED) is 0.617. The van der Waals surface area contributed by atoms with Gasteiger partial charge in [0.1, 0.15) is 11.3 Å². The average Bonchev–Trinajstić information content (AvgIpc) is 2.56. The zero-order chi connectivity index (χ0) is 9.42. The van der Waals surface area contributed by atoms with Crippen LogP contribution in [-0.4, -0.2) is 15.7 Å². The number of rotatable bonds is 1. The summed E-state index contributed by atoms with van der Waals surface area (Å²) in [5.41, 5.74) is 3.58. The first kappa shape index (κ1) is 7.98. The Bertz CT molecular complexity index is 471. The third kappa shape index (κ3) is 1.04. The van der Waals surface area contributed by atoms with Crippen LogP contribution in [0.25, 0.3) is 5.65 Å². The molecule has 2 aromatic heterocycles. The van der Waals surface area contributed by atoms with Crippen molar-refractivity contribution in [3.05, 3.63) is 35.3 Å². The largest absolute Gasteiger partial charge is 0.296 e. The Morgan fingerprint density at radius 2 is 2.15 bits per heavy atom. The molecule has 0 spiro atoms. The van der Waals surface area contributed by atoms with Gasteiger partial charge in [-0.1, -0.05) is 6.07 Å². The molecule has 0 saturated heterocycles. The fraction of sp³-hybridized carbons (Fsp3) is 0.200. The molecule has 0 fully saturated rings. The molecule has 2 heterocycles. The summed E-state index contributed by atoms with van der Waals surface area (Å²) in [6.45, 7) is 3.94. The van der Waals surface area contributed by atoms with Crippen molar-refractivity contribution in [2.45, 2.75) is 13.8 Å². The lowest BCUT2D eigenvalue weighted by Crippen LogP contribution is -1.96. The molecule has 2 aromatic rings. The van der Waals surface area contributed by atoms with Gasteiger partial charge in [-0.3, -0.25) is 9.20 Å². The molecular formula is C10H10N2O. The highest BCUT2D eigenvalue weighted by Crippen LogP contribution is 2.12. The lowest BCUT2D eigenvalue weighted by molar-refractivity contribution is 0.111. The van der Waals surface area contributed by atoms with Gasteiger partial charge in [-0.25, -0.2) is 4.98 Å². The van der Waals surface area contributed by atoms with E-state index in [1.807, 2.05) is 30.4 Å². The third-order valence-corrected chi connectivity index (χ3v) is 2.19. The highest BCUT2D eigenvalue weighted by molar-refractivity contribution is 5.74. The molecule has 2 rings (SSSR count). The van der Waals surface area contributed by atoms with Crippen molar-refractivity contribution in [1.29, 1.82) is 0 Å². The van der Waals surface area contributed by atoms with Crippen molar-refractivity contribution < 1.29 is 4.79 Å². The molecule has 0 aliphatic heterocycles. The van der Waals surface area contributed by atoms with Gasteiger partial charge in [0, 0.05) is 5.69 Å². The molecule has 0 saturated carbocycles. The van der Waals surface area contributed by atoms with Crippen molar-refractivity contribution >= 4 is 11.9 Å². The zero-order valence-corrected chi connectivity index (χ0v) is 7.61. The van der Waals surface area contributed by atoms with E-state index in [4.69, 9.17) is 0 Å². The maximum atomic E-state index is 10.7. The van der Waals surface area contributed by atoms with E-state index in [0.29, 0.717) is 5.69 Å². The van der Waals surface area contributed by atoms with Gasteiger partial charge in [0.15, 0.2) is 6.29 Å². The predicted molar refractivity (Wildman–Crippen MR) is 50.1 cm³/mol. The number of carbonyl (C=O) groups is 1. The number of aldehydes is 1. The normalized spacial score (nSPS) is 10.6. The zero-order valence-electron chi connectivity index (χ0n) is 7.61. The molecule has 0 aliphatic rings. The molecule has 0 unspecified atom stereocenters. The van der Waals surface area contributed by atoms with Gasteiger partial charge in [0.2, 0.25) is 0 Å². The molecule has 3 heteroatoms. The fourth-order valence-corrected chi connectivity index (χ4v) is 1.49. The highest BCUT2D eigenvalue weighted by atomic mass is 16.1. The minimum Gasteiger partial charge on any atom is -0.296 e. The predicted octanol–water partition coefficient (Wildman–Crippen LogP) is 1.76. The van der Waals surface area contributed by atoms with E-state index in [1.165, 1.54) is 0 Å². The van der Waals surface area contributed by atoms with Gasteiger partial charge in [-0.05, 0) is 25.5 Å². The Hall–Kier alpha value is -1.64. The summed E-state index contributed by atoms with van der Waals surface area (Å²) in [5, 5.41) is 0. The number of imidazole rings is 1. The number of nitrogens with zero attached hydrogens (tertiary/aromatic N) is 2. The Morgan fingerprint density at radius 1 is 1.38 bits per heavy atom. The van der Waals surface area contributed by atoms with E-state index in [1.54, 1.807) is 6.20 Å². The number of carbonyl (C=O) groups excluding carboxylic acids is 1. The minimum atomic E-state index is 0.608. The number of aromatic nitrogens is 2. The summed E-state index contributed by atoms with van der Waals surface area (Å²) in [6, 6.07) is 3.99. The Balaban J connectivity index is 2.95. The van der Waals surface area contributed by atoms with Crippen molar-refractivity contribution in [3.8, 4) is 0 Å². The molecule has 3 nitrogen and oxygen atoms in total. The summed E-state index contributed by atoms with van der Waals surface area (Å²) >= 11 is 0. The average molecular weight is 174 g/mol. The first-order chi connectivity index (χ1) is 6.24. The van der Waals surface area contributed by atoms with Crippen LogP contribution in [0.1, 0.15) is 21.7 Å². The van der Waals surface area contributed by atoms with Crippen LogP contribution in [0.15, 0.2) is 18.3 Å². The number of aryl methyl sites for hydroxylation is 2. The summed E-state index contributed by atoms with van der Waals surface area (Å²) < 4.78 is 1.86. The first-order valence-electron chi connectivity index (χ1n) is 4.13. The molecule has 0 bridgehead atoms. The van der Waals surface area contributed by atoms with E-state index in [2.05, 4.69) is 4.98 Å². The van der Waals surface area contributed by atoms with Crippen LogP contribution in [0.2, 0.25) is 0 Å². The van der Waals surface area contributed by atoms with Crippen LogP contribution in [0.4, 0.5) is 0 Å². The first-order valence-corrected chi connectivity index (χ1v) is 4.13. The Kier molecular flexibility index (Phi) is 1.65. The number of fused-ring (bicyclic) bond motifs is 1. The molecule has 0 aliphatic carbocycles. The minimum absolute atomic E-state index is 0.608. The van der Waals surface area contributed by atoms with E-state index >= 15 is 0 Å². The van der Waals surface area contributed by atoms with Gasteiger partial charge < -0.3 is 0 Å². The Labute approximate surface area is 76.0 Å². The lowest BCUT2D eigenvalue weighted by atomic mass is 10.2. The van der Waals surface area contributed by atoms with E-state index in [0.717, 1.165) is 23.2 Å². The summed E-state index contributed by atoms with van der Waals surface area (Å²) in [7, 11) is 0. The van der Waals surface area contributed by atoms with Gasteiger partial charge in [-0.2, -0.15) is 0 Å². The molecule has 0 atom stereocenters. The van der Waals surface area contributed by atoms with Crippen molar-refractivity contribution in [1.82, 2.24) is 9.38 Å². The summed E-state index contributed by atoms with van der Waals surface area (Å²) in [4.78, 5) is 14.9. The topological polar surface area (TPSA) is 34.4 Å². The van der Waals surface area contributed by atoms with Crippen LogP contribution in [-0.2, 0) is 0 Å². The standard InChI is InChI=1S/C10H10N2O/c1-7-3-4-8(2)12-9(6-13)5-11-10(7)12/h3-6H,1-2H3. The van der Waals surface area contributed by atoms with E-state index in [-0.39, 0.29) is 0 Å². The van der Waals surface area contributed by atoms with E-state index < -0.39 is 0 Å². The molecule has 13 heavy (non-hydrogen) atoms. The van der Waals surface area contributed by atoms with Gasteiger partial charge >= 0.3 is 0 Å². The second-order valence-corrected chi connectivity index (χ2v) is 3.12. The fourth-order valence-electron chi connectivity index (χ4n) is 1.49. The number of pyridine rings is 1. The van der Waals surface area contributed by atoms with Crippen molar-refractivity contribution in [2.75, 3.05) is 0 Å². The molecular weight excluding hydrogens is 164 g/mol. The van der Waals surface area contributed by atoms with Crippen LogP contribution in [0.3, 0.4) is 0 Å². The molecule has 66 valence electrons. The summed E-state index contributed by atoms with van der Waals surface area (Å²) in [5.74, 6) is 0. The summed E-state index contributed by atoms with van der Waals surface area (Å²) in [6.07, 6.45) is 2.43. The van der Waals surface area contributed by atoms with Gasteiger partial charge in [0.05, 0.1) is 6.20 Å². The van der Waals surface area contributed by atoms with E-state index in [9.17, 15) is 4.79 Å². The lowest BCUT2D eigenvalue weighted by Gasteiger charge is -2.02. The van der Waals surface area contributed by atoms with Crippen LogP contribution < -0.4 is 0 Å². The SMILES string of the molecule is Cc1ccc(C)n2c(C=O)cnc12. The van der Waals surface area contributed by atoms with Crippen molar-refractivity contribution in [2.24, 2.45) is 0 Å². The van der Waals surface area contributed by atoms with Gasteiger partial charge in [-0.15, -0.1) is 0 Å². The van der Waals surface area contributed by atoms with Gasteiger partial charge in [0.25, 0.3) is 0 Å². The maximum absolute atomic E-state index is 10.7. The molecule has 0 amide bonds.